The average molecular weight is 362 g/mol. The maximum atomic E-state index is 12.3. The molecule has 1 aromatic carbocycles. The molecule has 0 saturated carbocycles. The van der Waals surface area contributed by atoms with Crippen molar-refractivity contribution >= 4 is 33.9 Å². The summed E-state index contributed by atoms with van der Waals surface area (Å²) >= 11 is 1.31. The standard InChI is InChI=1S/C17H18N2O5S/c1-3-6-12-10-13(17(21)24-2)16(25-12)18-15(20)9-11-7-4-5-8-14(11)19(22)23/h4-5,7-8,10H,3,6,9H2,1-2H3,(H,18,20). The van der Waals surface area contributed by atoms with Gasteiger partial charge in [-0.15, -0.1) is 11.3 Å². The maximum absolute atomic E-state index is 12.3. The number of nitrogens with zero attached hydrogens (tertiary/aromatic N) is 1. The molecule has 0 atom stereocenters. The second-order valence-electron chi connectivity index (χ2n) is 5.31. The van der Waals surface area contributed by atoms with Crippen molar-refractivity contribution in [1.29, 1.82) is 0 Å². The summed E-state index contributed by atoms with van der Waals surface area (Å²) in [6.45, 7) is 2.02. The summed E-state index contributed by atoms with van der Waals surface area (Å²) in [7, 11) is 1.28. The number of ether oxygens (including phenoxy) is 1. The van der Waals surface area contributed by atoms with Crippen molar-refractivity contribution in [3.63, 3.8) is 0 Å². The van der Waals surface area contributed by atoms with Crippen molar-refractivity contribution in [3.8, 4) is 0 Å². The lowest BCUT2D eigenvalue weighted by atomic mass is 10.1. The van der Waals surface area contributed by atoms with Gasteiger partial charge >= 0.3 is 5.97 Å². The van der Waals surface area contributed by atoms with Crippen LogP contribution in [-0.4, -0.2) is 23.9 Å². The van der Waals surface area contributed by atoms with Crippen LogP contribution in [0.4, 0.5) is 10.7 Å². The summed E-state index contributed by atoms with van der Waals surface area (Å²) in [5.74, 6) is -0.955. The van der Waals surface area contributed by atoms with E-state index in [4.69, 9.17) is 4.74 Å². The van der Waals surface area contributed by atoms with Gasteiger partial charge in [0.2, 0.25) is 5.91 Å². The number of rotatable bonds is 7. The number of carbonyl (C=O) groups excluding carboxylic acids is 2. The zero-order valence-electron chi connectivity index (χ0n) is 13.9. The highest BCUT2D eigenvalue weighted by Gasteiger charge is 2.20. The van der Waals surface area contributed by atoms with E-state index < -0.39 is 16.8 Å². The number of hydrogen-bond donors (Lipinski definition) is 1. The minimum Gasteiger partial charge on any atom is -0.465 e. The molecule has 0 saturated heterocycles. The van der Waals surface area contributed by atoms with Crippen LogP contribution in [0.15, 0.2) is 30.3 Å². The van der Waals surface area contributed by atoms with Crippen molar-refractivity contribution < 1.29 is 19.2 Å². The van der Waals surface area contributed by atoms with Crippen LogP contribution >= 0.6 is 11.3 Å². The largest absolute Gasteiger partial charge is 0.465 e. The molecule has 1 heterocycles. The third-order valence-corrected chi connectivity index (χ3v) is 4.59. The molecule has 0 bridgehead atoms. The number of thiophene rings is 1. The van der Waals surface area contributed by atoms with Crippen LogP contribution < -0.4 is 5.32 Å². The number of aryl methyl sites for hydroxylation is 1. The Hall–Kier alpha value is -2.74. The van der Waals surface area contributed by atoms with Gasteiger partial charge in [0.1, 0.15) is 5.00 Å². The SMILES string of the molecule is CCCc1cc(C(=O)OC)c(NC(=O)Cc2ccccc2[N+](=O)[O-])s1. The summed E-state index contributed by atoms with van der Waals surface area (Å²) < 4.78 is 4.75. The predicted octanol–water partition coefficient (Wildman–Crippen LogP) is 3.58. The number of anilines is 1. The number of benzene rings is 1. The van der Waals surface area contributed by atoms with E-state index in [0.717, 1.165) is 17.7 Å². The monoisotopic (exact) mass is 362 g/mol. The van der Waals surface area contributed by atoms with Crippen molar-refractivity contribution in [3.05, 3.63) is 56.5 Å². The normalized spacial score (nSPS) is 10.3. The molecule has 0 radical (unpaired) electrons. The third kappa shape index (κ3) is 4.63. The molecule has 2 aromatic rings. The first-order valence-corrected chi connectivity index (χ1v) is 8.51. The number of methoxy groups -OCH3 is 1. The molecular weight excluding hydrogens is 344 g/mol. The number of para-hydroxylation sites is 1. The van der Waals surface area contributed by atoms with Crippen molar-refractivity contribution in [1.82, 2.24) is 0 Å². The Morgan fingerprint density at radius 3 is 2.68 bits per heavy atom. The molecule has 1 aromatic heterocycles. The Balaban J connectivity index is 2.20. The van der Waals surface area contributed by atoms with Crippen molar-refractivity contribution in [2.24, 2.45) is 0 Å². The van der Waals surface area contributed by atoms with Gasteiger partial charge in [-0.05, 0) is 12.5 Å². The fourth-order valence-corrected chi connectivity index (χ4v) is 3.51. The van der Waals surface area contributed by atoms with Crippen LogP contribution in [0.5, 0.6) is 0 Å². The topological polar surface area (TPSA) is 98.5 Å². The van der Waals surface area contributed by atoms with Gasteiger partial charge < -0.3 is 10.1 Å². The first-order chi connectivity index (χ1) is 12.0. The van der Waals surface area contributed by atoms with Crippen LogP contribution in [0.2, 0.25) is 0 Å². The molecule has 1 amide bonds. The minimum absolute atomic E-state index is 0.108. The Morgan fingerprint density at radius 1 is 1.32 bits per heavy atom. The fraction of sp³-hybridized carbons (Fsp3) is 0.294. The molecular formula is C17H18N2O5S. The summed E-state index contributed by atoms with van der Waals surface area (Å²) in [5, 5.41) is 14.1. The number of carbonyl (C=O) groups is 2. The highest BCUT2D eigenvalue weighted by Crippen LogP contribution is 2.30. The van der Waals surface area contributed by atoms with E-state index in [1.807, 2.05) is 6.92 Å². The summed E-state index contributed by atoms with van der Waals surface area (Å²) in [4.78, 5) is 35.7. The average Bonchev–Trinajstić information content (AvgIpc) is 2.97. The molecule has 8 heteroatoms. The van der Waals surface area contributed by atoms with E-state index in [1.165, 1.54) is 30.6 Å². The summed E-state index contributed by atoms with van der Waals surface area (Å²) in [6.07, 6.45) is 1.54. The Kier molecular flexibility index (Phi) is 6.24. The van der Waals surface area contributed by atoms with Crippen LogP contribution in [0.1, 0.15) is 34.1 Å². The summed E-state index contributed by atoms with van der Waals surface area (Å²) in [6, 6.07) is 7.79. The van der Waals surface area contributed by atoms with E-state index in [9.17, 15) is 19.7 Å². The van der Waals surface area contributed by atoms with Crippen LogP contribution in [0.3, 0.4) is 0 Å². The van der Waals surface area contributed by atoms with E-state index in [1.54, 1.807) is 18.2 Å². The number of nitrogens with one attached hydrogen (secondary N) is 1. The number of amides is 1. The molecule has 0 spiro atoms. The highest BCUT2D eigenvalue weighted by atomic mass is 32.1. The van der Waals surface area contributed by atoms with E-state index >= 15 is 0 Å². The Labute approximate surface area is 148 Å². The zero-order valence-corrected chi connectivity index (χ0v) is 14.7. The highest BCUT2D eigenvalue weighted by molar-refractivity contribution is 7.16. The van der Waals surface area contributed by atoms with Gasteiger partial charge in [-0.25, -0.2) is 4.79 Å². The molecule has 0 unspecified atom stereocenters. The Bertz CT molecular complexity index is 800. The predicted molar refractivity (Wildman–Crippen MR) is 95.1 cm³/mol. The van der Waals surface area contributed by atoms with Gasteiger partial charge in [0.15, 0.2) is 0 Å². The molecule has 132 valence electrons. The van der Waals surface area contributed by atoms with E-state index in [0.29, 0.717) is 16.1 Å². The second kappa shape index (κ2) is 8.39. The van der Waals surface area contributed by atoms with Gasteiger partial charge in [0.25, 0.3) is 5.69 Å². The van der Waals surface area contributed by atoms with Crippen LogP contribution in [-0.2, 0) is 22.4 Å². The van der Waals surface area contributed by atoms with E-state index in [2.05, 4.69) is 5.32 Å². The number of nitro benzene ring substituents is 1. The lowest BCUT2D eigenvalue weighted by Crippen LogP contribution is -2.16. The molecule has 0 aliphatic rings. The molecule has 7 nitrogen and oxygen atoms in total. The van der Waals surface area contributed by atoms with Crippen LogP contribution in [0, 0.1) is 10.1 Å². The first kappa shape index (κ1) is 18.6. The van der Waals surface area contributed by atoms with Crippen LogP contribution in [0.25, 0.3) is 0 Å². The fourth-order valence-electron chi connectivity index (χ4n) is 2.35. The van der Waals surface area contributed by atoms with Gasteiger partial charge in [-0.2, -0.15) is 0 Å². The molecule has 0 fully saturated rings. The smallest absolute Gasteiger partial charge is 0.340 e. The van der Waals surface area contributed by atoms with Gasteiger partial charge in [-0.1, -0.05) is 31.5 Å². The molecule has 0 aliphatic heterocycles. The Morgan fingerprint density at radius 2 is 2.04 bits per heavy atom. The van der Waals surface area contributed by atoms with Crippen molar-refractivity contribution in [2.75, 3.05) is 12.4 Å². The number of nitro groups is 1. The molecule has 1 N–H and O–H groups in total. The summed E-state index contributed by atoms with van der Waals surface area (Å²) in [5.41, 5.74) is 0.505. The molecule has 25 heavy (non-hydrogen) atoms. The van der Waals surface area contributed by atoms with Gasteiger partial charge in [0.05, 0.1) is 24.0 Å². The third-order valence-electron chi connectivity index (χ3n) is 3.48. The lowest BCUT2D eigenvalue weighted by Gasteiger charge is -2.06. The van der Waals surface area contributed by atoms with Crippen molar-refractivity contribution in [2.45, 2.75) is 26.2 Å². The van der Waals surface area contributed by atoms with Gasteiger partial charge in [-0.3, -0.25) is 14.9 Å². The molecule has 0 aliphatic carbocycles. The minimum atomic E-state index is -0.528. The lowest BCUT2D eigenvalue weighted by molar-refractivity contribution is -0.385. The first-order valence-electron chi connectivity index (χ1n) is 7.69. The number of hydrogen-bond acceptors (Lipinski definition) is 6. The number of esters is 1. The maximum Gasteiger partial charge on any atom is 0.340 e. The molecule has 2 rings (SSSR count). The van der Waals surface area contributed by atoms with E-state index in [-0.39, 0.29) is 12.1 Å². The second-order valence-corrected chi connectivity index (χ2v) is 6.44. The van der Waals surface area contributed by atoms with Gasteiger partial charge in [0, 0.05) is 16.5 Å². The zero-order chi connectivity index (χ0) is 18.4. The quantitative estimate of drug-likeness (QED) is 0.461.